The maximum Gasteiger partial charge on any atom is 0.255 e. The van der Waals surface area contributed by atoms with E-state index >= 15 is 0 Å². The van der Waals surface area contributed by atoms with Crippen molar-refractivity contribution in [2.24, 2.45) is 10.7 Å². The van der Waals surface area contributed by atoms with Crippen LogP contribution >= 0.6 is 0 Å². The van der Waals surface area contributed by atoms with Gasteiger partial charge in [0, 0.05) is 63.2 Å². The molecule has 2 aromatic heterocycles. The van der Waals surface area contributed by atoms with Crippen molar-refractivity contribution in [3.8, 4) is 0 Å². The first-order valence-corrected chi connectivity index (χ1v) is 13.6. The zero-order chi connectivity index (χ0) is 27.6. The van der Waals surface area contributed by atoms with Crippen molar-refractivity contribution in [1.29, 1.82) is 0 Å². The Morgan fingerprint density at radius 2 is 1.92 bits per heavy atom. The van der Waals surface area contributed by atoms with E-state index in [1.165, 1.54) is 23.2 Å². The first kappa shape index (κ1) is 28.2. The van der Waals surface area contributed by atoms with Gasteiger partial charge in [0.25, 0.3) is 5.91 Å². The number of imidazole rings is 1. The molecular formula is C30H40N8O. The van der Waals surface area contributed by atoms with Gasteiger partial charge < -0.3 is 21.4 Å². The number of amides is 1. The highest BCUT2D eigenvalue weighted by atomic mass is 16.1. The number of aromatic nitrogens is 3. The van der Waals surface area contributed by atoms with Crippen LogP contribution < -0.4 is 16.4 Å². The second kappa shape index (κ2) is 13.8. The molecule has 0 radical (unpaired) electrons. The largest absolute Gasteiger partial charge is 0.402 e. The molecule has 1 unspecified atom stereocenters. The summed E-state index contributed by atoms with van der Waals surface area (Å²) in [7, 11) is 1.66. The van der Waals surface area contributed by atoms with Crippen LogP contribution in [0.25, 0.3) is 0 Å². The number of pyridine rings is 1. The van der Waals surface area contributed by atoms with E-state index < -0.39 is 0 Å². The van der Waals surface area contributed by atoms with Gasteiger partial charge >= 0.3 is 0 Å². The predicted molar refractivity (Wildman–Crippen MR) is 155 cm³/mol. The van der Waals surface area contributed by atoms with Gasteiger partial charge in [-0.1, -0.05) is 30.3 Å². The molecule has 1 atom stereocenters. The number of rotatable bonds is 12. The fourth-order valence-electron chi connectivity index (χ4n) is 5.12. The Morgan fingerprint density at radius 3 is 2.64 bits per heavy atom. The second-order valence-corrected chi connectivity index (χ2v) is 10.0. The van der Waals surface area contributed by atoms with Crippen LogP contribution in [-0.4, -0.2) is 51.6 Å². The average Bonchev–Trinajstić information content (AvgIpc) is 3.47. The smallest absolute Gasteiger partial charge is 0.255 e. The molecule has 0 bridgehead atoms. The third kappa shape index (κ3) is 7.61. The van der Waals surface area contributed by atoms with Crippen LogP contribution in [-0.2, 0) is 30.8 Å². The summed E-state index contributed by atoms with van der Waals surface area (Å²) in [5.74, 6) is 0.731. The minimum absolute atomic E-state index is 0.209. The third-order valence-corrected chi connectivity index (χ3v) is 7.21. The van der Waals surface area contributed by atoms with Crippen molar-refractivity contribution in [3.63, 3.8) is 0 Å². The molecule has 0 aliphatic heterocycles. The van der Waals surface area contributed by atoms with E-state index in [2.05, 4.69) is 60.8 Å². The molecule has 1 amide bonds. The molecule has 1 aliphatic rings. The quantitative estimate of drug-likeness (QED) is 0.162. The molecule has 0 saturated carbocycles. The van der Waals surface area contributed by atoms with Gasteiger partial charge in [0.1, 0.15) is 5.82 Å². The highest BCUT2D eigenvalue weighted by Gasteiger charge is 2.27. The number of benzene rings is 1. The van der Waals surface area contributed by atoms with Crippen LogP contribution in [0.15, 0.2) is 71.3 Å². The number of aryl methyl sites for hydroxylation is 1. The molecular weight excluding hydrogens is 488 g/mol. The monoisotopic (exact) mass is 528 g/mol. The van der Waals surface area contributed by atoms with Gasteiger partial charge in [0.2, 0.25) is 0 Å². The summed E-state index contributed by atoms with van der Waals surface area (Å²) in [5.41, 5.74) is 12.3. The fraction of sp³-hybridized carbons (Fsp3) is 0.400. The van der Waals surface area contributed by atoms with Gasteiger partial charge in [-0.15, -0.1) is 0 Å². The zero-order valence-corrected chi connectivity index (χ0v) is 23.2. The minimum atomic E-state index is -0.209. The number of fused-ring (bicyclic) bond motifs is 1. The topological polar surface area (TPSA) is 124 Å². The first-order valence-electron chi connectivity index (χ1n) is 13.6. The summed E-state index contributed by atoms with van der Waals surface area (Å²) in [6, 6.07) is 13.0. The SMILES string of the molecule is CN=C(C)C(C(=O)NCc1ccc(CN(CCNCc2ncc[nH]2)C2CCCc3cccnc32)cc1)=C(C)N. The van der Waals surface area contributed by atoms with Gasteiger partial charge in [-0.2, -0.15) is 0 Å². The molecule has 5 N–H and O–H groups in total. The molecule has 3 aromatic rings. The predicted octanol–water partition coefficient (Wildman–Crippen LogP) is 3.41. The number of hydrogen-bond acceptors (Lipinski definition) is 7. The number of carbonyl (C=O) groups excluding carboxylic acids is 1. The molecule has 0 saturated heterocycles. The molecule has 0 fully saturated rings. The fourth-order valence-corrected chi connectivity index (χ4v) is 5.12. The summed E-state index contributed by atoms with van der Waals surface area (Å²) in [4.78, 5) is 31.6. The van der Waals surface area contributed by atoms with Crippen LogP contribution in [0.5, 0.6) is 0 Å². The number of nitrogens with two attached hydrogens (primary N) is 1. The molecule has 206 valence electrons. The number of aromatic amines is 1. The second-order valence-electron chi connectivity index (χ2n) is 10.0. The van der Waals surface area contributed by atoms with Crippen molar-refractivity contribution < 1.29 is 4.79 Å². The van der Waals surface area contributed by atoms with Crippen LogP contribution in [0.3, 0.4) is 0 Å². The molecule has 9 heteroatoms. The Hall–Kier alpha value is -3.82. The highest BCUT2D eigenvalue weighted by Crippen LogP contribution is 2.33. The molecule has 39 heavy (non-hydrogen) atoms. The lowest BCUT2D eigenvalue weighted by Crippen LogP contribution is -2.36. The van der Waals surface area contributed by atoms with Crippen LogP contribution in [0, 0.1) is 0 Å². The van der Waals surface area contributed by atoms with E-state index in [1.54, 1.807) is 27.1 Å². The number of H-pyrrole nitrogens is 1. The number of nitrogens with zero attached hydrogens (tertiary/aromatic N) is 4. The molecule has 4 rings (SSSR count). The van der Waals surface area contributed by atoms with Crippen molar-refractivity contribution in [3.05, 3.63) is 94.5 Å². The van der Waals surface area contributed by atoms with Gasteiger partial charge in [0.15, 0.2) is 0 Å². The minimum Gasteiger partial charge on any atom is -0.402 e. The Labute approximate surface area is 231 Å². The van der Waals surface area contributed by atoms with Gasteiger partial charge in [-0.25, -0.2) is 4.98 Å². The first-order chi connectivity index (χ1) is 19.0. The summed E-state index contributed by atoms with van der Waals surface area (Å²) in [6.07, 6.45) is 8.89. The van der Waals surface area contributed by atoms with Gasteiger partial charge in [-0.3, -0.25) is 19.7 Å². The molecule has 2 heterocycles. The van der Waals surface area contributed by atoms with Gasteiger partial charge in [0.05, 0.1) is 23.9 Å². The van der Waals surface area contributed by atoms with Crippen LogP contribution in [0.4, 0.5) is 0 Å². The maximum absolute atomic E-state index is 12.7. The maximum atomic E-state index is 12.7. The third-order valence-electron chi connectivity index (χ3n) is 7.21. The molecule has 0 spiro atoms. The van der Waals surface area contributed by atoms with Gasteiger partial charge in [-0.05, 0) is 55.9 Å². The Kier molecular flexibility index (Phi) is 9.99. The van der Waals surface area contributed by atoms with E-state index in [9.17, 15) is 4.79 Å². The average molecular weight is 529 g/mol. The van der Waals surface area contributed by atoms with Crippen LogP contribution in [0.1, 0.15) is 60.9 Å². The summed E-state index contributed by atoms with van der Waals surface area (Å²) < 4.78 is 0. The lowest BCUT2D eigenvalue weighted by Gasteiger charge is -2.35. The summed E-state index contributed by atoms with van der Waals surface area (Å²) >= 11 is 0. The number of nitrogens with one attached hydrogen (secondary N) is 3. The molecule has 9 nitrogen and oxygen atoms in total. The Balaban J connectivity index is 1.41. The summed E-state index contributed by atoms with van der Waals surface area (Å²) in [6.45, 7) is 7.21. The lowest BCUT2D eigenvalue weighted by molar-refractivity contribution is -0.117. The number of carbonyl (C=O) groups is 1. The molecule has 1 aliphatic carbocycles. The Bertz CT molecular complexity index is 1280. The normalized spacial score (nSPS) is 16.1. The standard InChI is InChI=1S/C30H40N8O/c1-21(31)28(22(2)32-3)30(39)37-18-23-9-11-24(12-10-23)20-38(17-16-33-19-27-34-14-15-35-27)26-8-4-6-25-7-5-13-36-29(25)26/h5,7,9-15,26,33H,4,6,8,16-20,31H2,1-3H3,(H,34,35)(H,37,39). The van der Waals surface area contributed by atoms with Crippen LogP contribution in [0.2, 0.25) is 0 Å². The van der Waals surface area contributed by atoms with Crippen molar-refractivity contribution >= 4 is 11.6 Å². The molecule has 1 aromatic carbocycles. The van der Waals surface area contributed by atoms with E-state index in [1.807, 2.05) is 18.5 Å². The van der Waals surface area contributed by atoms with Crippen molar-refractivity contribution in [2.45, 2.75) is 58.8 Å². The highest BCUT2D eigenvalue weighted by molar-refractivity contribution is 6.21. The van der Waals surface area contributed by atoms with E-state index in [-0.39, 0.29) is 11.9 Å². The van der Waals surface area contributed by atoms with Crippen molar-refractivity contribution in [1.82, 2.24) is 30.5 Å². The van der Waals surface area contributed by atoms with Crippen molar-refractivity contribution in [2.75, 3.05) is 20.1 Å². The lowest BCUT2D eigenvalue weighted by atomic mass is 9.90. The van der Waals surface area contributed by atoms with E-state index in [0.717, 1.165) is 43.9 Å². The zero-order valence-electron chi connectivity index (χ0n) is 23.2. The Morgan fingerprint density at radius 1 is 1.13 bits per heavy atom. The summed E-state index contributed by atoms with van der Waals surface area (Å²) in [5, 5.41) is 6.49. The van der Waals surface area contributed by atoms with E-state index in [4.69, 9.17) is 10.7 Å². The number of hydrogen-bond donors (Lipinski definition) is 4. The number of aliphatic imine (C=N–C) groups is 1. The number of allylic oxidation sites excluding steroid dienone is 1. The van der Waals surface area contributed by atoms with E-state index in [0.29, 0.717) is 30.1 Å².